The van der Waals surface area contributed by atoms with Crippen molar-refractivity contribution in [3.05, 3.63) is 22.4 Å². The van der Waals surface area contributed by atoms with E-state index in [1.807, 2.05) is 0 Å². The van der Waals surface area contributed by atoms with E-state index in [0.717, 1.165) is 0 Å². The van der Waals surface area contributed by atoms with Crippen LogP contribution in [0.4, 0.5) is 0 Å². The molecule has 1 aromatic heterocycles. The second-order valence-electron chi connectivity index (χ2n) is 1.57. The smallest absolute Gasteiger partial charge is 0.180 e. The molecule has 1 rings (SSSR count). The largest absolute Gasteiger partial charge is 0.293 e. The molecule has 0 aliphatic rings. The number of Topliss-reactive ketones (excluding diaryl/α,β-unsaturated/α-hetero) is 1. The van der Waals surface area contributed by atoms with Crippen molar-refractivity contribution in [2.75, 3.05) is 0 Å². The summed E-state index contributed by atoms with van der Waals surface area (Å²) in [5, 5.41) is 6.95. The summed E-state index contributed by atoms with van der Waals surface area (Å²) in [5.74, 6) is -0.993. The Bertz CT molecular complexity index is 322. The average molecular weight is 204 g/mol. The van der Waals surface area contributed by atoms with Crippen molar-refractivity contribution >= 4 is 21.7 Å². The molecule has 0 spiro atoms. The normalized spacial score (nSPS) is 15.1. The molecule has 4 heteroatoms. The van der Waals surface area contributed by atoms with Crippen molar-refractivity contribution in [3.63, 3.8) is 0 Å². The molecular weight excluding hydrogens is 196 g/mol. The number of aromatic nitrogens is 2. The first-order valence-electron chi connectivity index (χ1n) is 3.95. The number of rotatable bonds is 1. The Balaban J connectivity index is 2.97. The van der Waals surface area contributed by atoms with Gasteiger partial charge in [0.1, 0.15) is 10.3 Å². The zero-order valence-corrected chi connectivity index (χ0v) is 6.42. The number of carbonyl (C=O) groups excluding carboxylic acids is 1. The molecule has 0 unspecified atom stereocenters. The number of nitrogens with zero attached hydrogens (tertiary/aromatic N) is 2. The standard InChI is InChI=1S/C6H5BrN2O/c1-4(10)5-2-3-6(7)9-8-5/h2-3H,1H3/i1D3. The van der Waals surface area contributed by atoms with Gasteiger partial charge in [0.15, 0.2) is 5.78 Å². The van der Waals surface area contributed by atoms with Gasteiger partial charge >= 0.3 is 0 Å². The first kappa shape index (κ1) is 4.18. The molecule has 0 radical (unpaired) electrons. The number of hydrogen-bond acceptors (Lipinski definition) is 3. The predicted molar refractivity (Wildman–Crippen MR) is 39.7 cm³/mol. The van der Waals surface area contributed by atoms with E-state index in [2.05, 4.69) is 26.1 Å². The zero-order valence-electron chi connectivity index (χ0n) is 7.84. The first-order chi connectivity index (χ1) is 5.91. The van der Waals surface area contributed by atoms with Crippen LogP contribution in [0.2, 0.25) is 0 Å². The number of ketones is 1. The highest BCUT2D eigenvalue weighted by atomic mass is 79.9. The van der Waals surface area contributed by atoms with Crippen LogP contribution in [-0.2, 0) is 0 Å². The van der Waals surface area contributed by atoms with Gasteiger partial charge in [-0.05, 0) is 28.1 Å². The monoisotopic (exact) mass is 203 g/mol. The Morgan fingerprint density at radius 3 is 3.00 bits per heavy atom. The molecule has 0 aliphatic carbocycles. The van der Waals surface area contributed by atoms with Crippen molar-refractivity contribution < 1.29 is 8.91 Å². The summed E-state index contributed by atoms with van der Waals surface area (Å²) in [6.07, 6.45) is 0. The van der Waals surface area contributed by atoms with Crippen LogP contribution in [0.3, 0.4) is 0 Å². The lowest BCUT2D eigenvalue weighted by Crippen LogP contribution is -1.97. The van der Waals surface area contributed by atoms with E-state index in [1.165, 1.54) is 12.1 Å². The Morgan fingerprint density at radius 2 is 2.50 bits per heavy atom. The highest BCUT2D eigenvalue weighted by Crippen LogP contribution is 2.03. The Morgan fingerprint density at radius 1 is 1.70 bits per heavy atom. The quantitative estimate of drug-likeness (QED) is 0.650. The topological polar surface area (TPSA) is 42.9 Å². The fourth-order valence-electron chi connectivity index (χ4n) is 0.437. The van der Waals surface area contributed by atoms with E-state index < -0.39 is 12.6 Å². The SMILES string of the molecule is [2H]C([2H])([2H])C(=O)c1ccc(Br)nn1. The minimum Gasteiger partial charge on any atom is -0.293 e. The molecular formula is C6H5BrN2O. The predicted octanol–water partition coefficient (Wildman–Crippen LogP) is 1.44. The maximum Gasteiger partial charge on any atom is 0.180 e. The highest BCUT2D eigenvalue weighted by Gasteiger charge is 1.99. The molecule has 0 atom stereocenters. The van der Waals surface area contributed by atoms with Crippen LogP contribution in [0.5, 0.6) is 0 Å². The molecule has 0 saturated heterocycles. The van der Waals surface area contributed by atoms with Crippen molar-refractivity contribution in [2.24, 2.45) is 0 Å². The molecule has 1 heterocycles. The van der Waals surface area contributed by atoms with Gasteiger partial charge in [-0.15, -0.1) is 10.2 Å². The van der Waals surface area contributed by atoms with E-state index in [1.54, 1.807) is 0 Å². The van der Waals surface area contributed by atoms with Gasteiger partial charge in [0.05, 0.1) is 0 Å². The number of hydrogen-bond donors (Lipinski definition) is 0. The van der Waals surface area contributed by atoms with Crippen molar-refractivity contribution in [1.29, 1.82) is 0 Å². The van der Waals surface area contributed by atoms with E-state index in [-0.39, 0.29) is 5.69 Å². The molecule has 1 aromatic rings. The lowest BCUT2D eigenvalue weighted by atomic mass is 10.3. The van der Waals surface area contributed by atoms with Gasteiger partial charge < -0.3 is 0 Å². The van der Waals surface area contributed by atoms with E-state index in [9.17, 15) is 4.79 Å². The minimum atomic E-state index is -2.65. The van der Waals surface area contributed by atoms with Gasteiger partial charge in [0.2, 0.25) is 0 Å². The third-order valence-corrected chi connectivity index (χ3v) is 1.29. The van der Waals surface area contributed by atoms with E-state index >= 15 is 0 Å². The summed E-state index contributed by atoms with van der Waals surface area (Å²) in [6.45, 7) is -2.65. The van der Waals surface area contributed by atoms with Gasteiger partial charge in [-0.25, -0.2) is 0 Å². The maximum atomic E-state index is 11.1. The van der Waals surface area contributed by atoms with E-state index in [0.29, 0.717) is 4.60 Å². The number of carbonyl (C=O) groups is 1. The summed E-state index contributed by atoms with van der Waals surface area (Å²) in [5.41, 5.74) is -0.150. The first-order valence-corrected chi connectivity index (χ1v) is 3.24. The molecule has 0 amide bonds. The average Bonchev–Trinajstić information content (AvgIpc) is 2.03. The van der Waals surface area contributed by atoms with Crippen molar-refractivity contribution in [1.82, 2.24) is 10.2 Å². The van der Waals surface area contributed by atoms with Crippen LogP contribution in [-0.4, -0.2) is 16.0 Å². The van der Waals surface area contributed by atoms with Crippen LogP contribution in [0, 0.1) is 0 Å². The van der Waals surface area contributed by atoms with Crippen molar-refractivity contribution in [3.8, 4) is 0 Å². The highest BCUT2D eigenvalue weighted by molar-refractivity contribution is 9.10. The summed E-state index contributed by atoms with van der Waals surface area (Å²) in [6, 6.07) is 2.78. The van der Waals surface area contributed by atoms with Crippen LogP contribution in [0.1, 0.15) is 21.5 Å². The third-order valence-electron chi connectivity index (χ3n) is 0.865. The lowest BCUT2D eigenvalue weighted by molar-refractivity contribution is 0.101. The van der Waals surface area contributed by atoms with Gasteiger partial charge in [-0.2, -0.15) is 0 Å². The third kappa shape index (κ3) is 1.60. The Labute approximate surface area is 70.8 Å². The maximum absolute atomic E-state index is 11.1. The Kier molecular flexibility index (Phi) is 1.20. The van der Waals surface area contributed by atoms with Crippen molar-refractivity contribution in [2.45, 2.75) is 6.85 Å². The summed E-state index contributed by atoms with van der Waals surface area (Å²) in [4.78, 5) is 11.1. The van der Waals surface area contributed by atoms with E-state index in [4.69, 9.17) is 4.11 Å². The van der Waals surface area contributed by atoms with Crippen LogP contribution >= 0.6 is 15.9 Å². The summed E-state index contributed by atoms with van der Waals surface area (Å²) in [7, 11) is 0. The van der Waals surface area contributed by atoms with Crippen LogP contribution in [0.15, 0.2) is 16.7 Å². The minimum absolute atomic E-state index is 0.150. The van der Waals surface area contributed by atoms with Crippen LogP contribution in [0.25, 0.3) is 0 Å². The van der Waals surface area contributed by atoms with Gasteiger partial charge in [-0.1, -0.05) is 0 Å². The second-order valence-corrected chi connectivity index (χ2v) is 2.38. The van der Waals surface area contributed by atoms with Gasteiger partial charge in [-0.3, -0.25) is 4.79 Å². The Hall–Kier alpha value is -0.770. The fourth-order valence-corrected chi connectivity index (χ4v) is 0.649. The second kappa shape index (κ2) is 2.88. The number of halogens is 1. The molecule has 52 valence electrons. The molecule has 3 nitrogen and oxygen atoms in total. The zero-order chi connectivity index (χ0) is 10.1. The molecule has 0 aromatic carbocycles. The molecule has 0 N–H and O–H groups in total. The molecule has 0 fully saturated rings. The molecule has 0 aliphatic heterocycles. The van der Waals surface area contributed by atoms with Gasteiger partial charge in [0.25, 0.3) is 0 Å². The van der Waals surface area contributed by atoms with Crippen LogP contribution < -0.4 is 0 Å². The van der Waals surface area contributed by atoms with Gasteiger partial charge in [0, 0.05) is 11.0 Å². The lowest BCUT2D eigenvalue weighted by Gasteiger charge is -1.90. The molecule has 0 bridgehead atoms. The summed E-state index contributed by atoms with van der Waals surface area (Å²) < 4.78 is 21.0. The fraction of sp³-hybridized carbons (Fsp3) is 0.167. The molecule has 10 heavy (non-hydrogen) atoms. The molecule has 0 saturated carbocycles. The summed E-state index contributed by atoms with van der Waals surface area (Å²) >= 11 is 3.02.